The molecule has 9 heteroatoms. The molecule has 32 heavy (non-hydrogen) atoms. The molecule has 2 heterocycles. The maximum Gasteiger partial charge on any atom is 0.359 e. The molecule has 164 valence electrons. The third-order valence-corrected chi connectivity index (χ3v) is 5.41. The lowest BCUT2D eigenvalue weighted by Crippen LogP contribution is -2.26. The maximum absolute atomic E-state index is 12.9. The van der Waals surface area contributed by atoms with Crippen LogP contribution in [0.4, 0.5) is 0 Å². The molecular formula is C23H21BrN4O4. The Morgan fingerprint density at radius 2 is 1.94 bits per heavy atom. The van der Waals surface area contributed by atoms with Crippen LogP contribution in [0.25, 0.3) is 22.2 Å². The van der Waals surface area contributed by atoms with Crippen molar-refractivity contribution in [3.05, 3.63) is 74.9 Å². The van der Waals surface area contributed by atoms with Gasteiger partial charge < -0.3 is 9.26 Å². The summed E-state index contributed by atoms with van der Waals surface area (Å²) in [5, 5.41) is 9.13. The normalized spacial score (nSPS) is 11.1. The molecule has 4 aromatic rings. The largest absolute Gasteiger partial charge is 0.451 e. The number of carbonyl (C=O) groups excluding carboxylic acids is 1. The third-order valence-electron chi connectivity index (χ3n) is 4.91. The first kappa shape index (κ1) is 21.9. The standard InChI is InChI=1S/C23H21BrN4O4/c1-2-3-6-12-28-22(29)18-11-5-4-10-17(18)20(26-28)23(30)31-14-19-25-21(27-32-19)15-8-7-9-16(24)13-15/h4-5,7-11,13H,2-3,6,12,14H2,1H3. The fourth-order valence-corrected chi connectivity index (χ4v) is 3.70. The van der Waals surface area contributed by atoms with E-state index in [1.54, 1.807) is 24.3 Å². The van der Waals surface area contributed by atoms with Crippen LogP contribution < -0.4 is 5.56 Å². The predicted octanol–water partition coefficient (Wildman–Crippen LogP) is 4.76. The number of esters is 1. The van der Waals surface area contributed by atoms with Gasteiger partial charge in [0.2, 0.25) is 5.82 Å². The van der Waals surface area contributed by atoms with E-state index < -0.39 is 5.97 Å². The van der Waals surface area contributed by atoms with Crippen molar-refractivity contribution in [1.82, 2.24) is 19.9 Å². The van der Waals surface area contributed by atoms with Crippen LogP contribution in [0.1, 0.15) is 42.6 Å². The first-order valence-corrected chi connectivity index (χ1v) is 11.1. The number of rotatable bonds is 8. The van der Waals surface area contributed by atoms with E-state index in [0.29, 0.717) is 23.1 Å². The Hall–Kier alpha value is -3.33. The Morgan fingerprint density at radius 1 is 1.12 bits per heavy atom. The van der Waals surface area contributed by atoms with Gasteiger partial charge in [-0.05, 0) is 24.6 Å². The zero-order valence-corrected chi connectivity index (χ0v) is 19.0. The minimum atomic E-state index is -0.660. The molecule has 2 aromatic heterocycles. The molecule has 0 fully saturated rings. The molecule has 0 saturated heterocycles. The number of nitrogens with zero attached hydrogens (tertiary/aromatic N) is 4. The monoisotopic (exact) mass is 496 g/mol. The summed E-state index contributed by atoms with van der Waals surface area (Å²) in [4.78, 5) is 29.9. The van der Waals surface area contributed by atoms with Gasteiger partial charge in [-0.2, -0.15) is 10.1 Å². The van der Waals surface area contributed by atoms with E-state index in [1.807, 2.05) is 24.3 Å². The van der Waals surface area contributed by atoms with E-state index in [4.69, 9.17) is 9.26 Å². The van der Waals surface area contributed by atoms with E-state index in [2.05, 4.69) is 38.1 Å². The molecule has 8 nitrogen and oxygen atoms in total. The minimum Gasteiger partial charge on any atom is -0.451 e. The SMILES string of the molecule is CCCCCn1nc(C(=O)OCc2nc(-c3cccc(Br)c3)no2)c2ccccc2c1=O. The minimum absolute atomic E-state index is 0.0865. The van der Waals surface area contributed by atoms with Crippen LogP contribution in [0.2, 0.25) is 0 Å². The molecule has 0 radical (unpaired) electrons. The van der Waals surface area contributed by atoms with Crippen LogP contribution >= 0.6 is 15.9 Å². The lowest BCUT2D eigenvalue weighted by atomic mass is 10.1. The number of benzene rings is 2. The summed E-state index contributed by atoms with van der Waals surface area (Å²) in [6, 6.07) is 14.4. The highest BCUT2D eigenvalue weighted by molar-refractivity contribution is 9.10. The number of ether oxygens (including phenoxy) is 1. The number of fused-ring (bicyclic) bond motifs is 1. The van der Waals surface area contributed by atoms with Gasteiger partial charge in [0.15, 0.2) is 12.3 Å². The van der Waals surface area contributed by atoms with Crippen molar-refractivity contribution in [2.45, 2.75) is 39.3 Å². The van der Waals surface area contributed by atoms with Crippen LogP contribution in [-0.4, -0.2) is 25.9 Å². The lowest BCUT2D eigenvalue weighted by molar-refractivity contribution is 0.0422. The summed E-state index contributed by atoms with van der Waals surface area (Å²) < 4.78 is 12.8. The summed E-state index contributed by atoms with van der Waals surface area (Å²) in [6.07, 6.45) is 2.79. The number of aromatic nitrogens is 4. The highest BCUT2D eigenvalue weighted by Gasteiger charge is 2.19. The topological polar surface area (TPSA) is 100 Å². The summed E-state index contributed by atoms with van der Waals surface area (Å²) in [6.45, 7) is 2.32. The Balaban J connectivity index is 1.55. The van der Waals surface area contributed by atoms with Gasteiger partial charge in [0.05, 0.1) is 5.39 Å². The number of carbonyl (C=O) groups is 1. The van der Waals surface area contributed by atoms with Gasteiger partial charge in [-0.1, -0.05) is 71.2 Å². The molecule has 4 rings (SSSR count). The Labute approximate surface area is 192 Å². The number of unbranched alkanes of at least 4 members (excludes halogenated alkanes) is 2. The molecule has 0 spiro atoms. The number of hydrogen-bond acceptors (Lipinski definition) is 7. The second kappa shape index (κ2) is 9.86. The van der Waals surface area contributed by atoms with E-state index in [1.165, 1.54) is 4.68 Å². The fraction of sp³-hybridized carbons (Fsp3) is 0.261. The van der Waals surface area contributed by atoms with Crippen LogP contribution in [-0.2, 0) is 17.9 Å². The number of hydrogen-bond donors (Lipinski definition) is 0. The Bertz CT molecular complexity index is 1310. The average molecular weight is 497 g/mol. The average Bonchev–Trinajstić information content (AvgIpc) is 3.28. The summed E-state index contributed by atoms with van der Waals surface area (Å²) in [5.41, 5.74) is 0.639. The van der Waals surface area contributed by atoms with Gasteiger partial charge in [-0.15, -0.1) is 0 Å². The van der Waals surface area contributed by atoms with Crippen molar-refractivity contribution in [2.75, 3.05) is 0 Å². The number of aryl methyl sites for hydroxylation is 1. The molecule has 0 amide bonds. The van der Waals surface area contributed by atoms with E-state index in [9.17, 15) is 9.59 Å². The molecular weight excluding hydrogens is 476 g/mol. The van der Waals surface area contributed by atoms with E-state index in [0.717, 1.165) is 29.3 Å². The quantitative estimate of drug-likeness (QED) is 0.256. The van der Waals surface area contributed by atoms with Crippen molar-refractivity contribution in [3.8, 4) is 11.4 Å². The molecule has 0 aliphatic heterocycles. The van der Waals surface area contributed by atoms with E-state index in [-0.39, 0.29) is 23.8 Å². The molecule has 0 unspecified atom stereocenters. The fourth-order valence-electron chi connectivity index (χ4n) is 3.30. The zero-order chi connectivity index (χ0) is 22.5. The third kappa shape index (κ3) is 4.77. The first-order valence-electron chi connectivity index (χ1n) is 10.3. The summed E-state index contributed by atoms with van der Waals surface area (Å²) >= 11 is 3.41. The smallest absolute Gasteiger partial charge is 0.359 e. The van der Waals surface area contributed by atoms with Crippen LogP contribution in [0.5, 0.6) is 0 Å². The molecule has 0 N–H and O–H groups in total. The molecule has 0 aliphatic rings. The van der Waals surface area contributed by atoms with Gasteiger partial charge >= 0.3 is 5.97 Å². The zero-order valence-electron chi connectivity index (χ0n) is 17.5. The Morgan fingerprint density at radius 3 is 2.72 bits per heavy atom. The van der Waals surface area contributed by atoms with Crippen LogP contribution in [0.15, 0.2) is 62.3 Å². The van der Waals surface area contributed by atoms with Crippen LogP contribution in [0, 0.1) is 0 Å². The molecule has 0 saturated carbocycles. The Kier molecular flexibility index (Phi) is 6.75. The predicted molar refractivity (Wildman–Crippen MR) is 122 cm³/mol. The first-order chi connectivity index (χ1) is 15.6. The molecule has 2 aromatic carbocycles. The van der Waals surface area contributed by atoms with E-state index >= 15 is 0 Å². The van der Waals surface area contributed by atoms with Gasteiger partial charge in [-0.25, -0.2) is 9.48 Å². The highest BCUT2D eigenvalue weighted by atomic mass is 79.9. The highest BCUT2D eigenvalue weighted by Crippen LogP contribution is 2.21. The lowest BCUT2D eigenvalue weighted by Gasteiger charge is -2.10. The van der Waals surface area contributed by atoms with Crippen molar-refractivity contribution >= 4 is 32.7 Å². The second-order valence-corrected chi connectivity index (χ2v) is 8.14. The van der Waals surface area contributed by atoms with Crippen molar-refractivity contribution in [1.29, 1.82) is 0 Å². The van der Waals surface area contributed by atoms with Crippen molar-refractivity contribution in [3.63, 3.8) is 0 Å². The maximum atomic E-state index is 12.9. The molecule has 0 atom stereocenters. The summed E-state index contributed by atoms with van der Waals surface area (Å²) in [7, 11) is 0. The number of halogens is 1. The molecule has 0 bridgehead atoms. The molecule has 0 aliphatic carbocycles. The summed E-state index contributed by atoms with van der Waals surface area (Å²) in [5.74, 6) is -0.105. The van der Waals surface area contributed by atoms with Gasteiger partial charge in [0.1, 0.15) is 0 Å². The van der Waals surface area contributed by atoms with Crippen LogP contribution in [0.3, 0.4) is 0 Å². The van der Waals surface area contributed by atoms with Gasteiger partial charge in [0.25, 0.3) is 11.4 Å². The second-order valence-electron chi connectivity index (χ2n) is 7.23. The van der Waals surface area contributed by atoms with Crippen molar-refractivity contribution in [2.24, 2.45) is 0 Å². The van der Waals surface area contributed by atoms with Gasteiger partial charge in [0, 0.05) is 22.0 Å². The van der Waals surface area contributed by atoms with Gasteiger partial charge in [-0.3, -0.25) is 4.79 Å². The van der Waals surface area contributed by atoms with Crippen molar-refractivity contribution < 1.29 is 14.1 Å².